The van der Waals surface area contributed by atoms with E-state index in [9.17, 15) is 70.7 Å². The smallest absolute Gasteiger partial charge is 0.460 e. The number of alkyl halides is 15. The molecule has 0 aliphatic heterocycles. The van der Waals surface area contributed by atoms with Crippen molar-refractivity contribution in [3.05, 3.63) is 0 Å². The summed E-state index contributed by atoms with van der Waals surface area (Å²) in [4.78, 5) is 10.1. The summed E-state index contributed by atoms with van der Waals surface area (Å²) in [7, 11) is 0. The Labute approximate surface area is 131 Å². The lowest BCUT2D eigenvalue weighted by Gasteiger charge is -2.45. The van der Waals surface area contributed by atoms with E-state index < -0.39 is 54.1 Å². The number of hydrogen-bond donors (Lipinski definition) is 1. The molecular formula is C9H3F15O2. The molecule has 0 aliphatic rings. The minimum Gasteiger partial charge on any atom is -0.481 e. The van der Waals surface area contributed by atoms with Crippen LogP contribution in [0.3, 0.4) is 0 Å². The van der Waals surface area contributed by atoms with Crippen LogP contribution in [0.1, 0.15) is 6.42 Å². The van der Waals surface area contributed by atoms with Gasteiger partial charge in [-0.2, -0.15) is 65.9 Å². The minimum atomic E-state index is -8.33. The van der Waals surface area contributed by atoms with Gasteiger partial charge in [0.25, 0.3) is 0 Å². The second kappa shape index (κ2) is 5.97. The predicted molar refractivity (Wildman–Crippen MR) is 47.7 cm³/mol. The molecule has 0 fully saturated rings. The van der Waals surface area contributed by atoms with Gasteiger partial charge in [-0.3, -0.25) is 4.79 Å². The van der Waals surface area contributed by atoms with Gasteiger partial charge in [0, 0.05) is 0 Å². The van der Waals surface area contributed by atoms with Crippen molar-refractivity contribution in [1.82, 2.24) is 0 Å². The quantitative estimate of drug-likeness (QED) is 0.624. The molecule has 26 heavy (non-hydrogen) atoms. The summed E-state index contributed by atoms with van der Waals surface area (Å²) >= 11 is 0. The number of halogens is 15. The third kappa shape index (κ3) is 3.12. The Hall–Kier alpha value is -1.58. The van der Waals surface area contributed by atoms with Crippen LogP contribution in [0.5, 0.6) is 0 Å². The van der Waals surface area contributed by atoms with Gasteiger partial charge in [0.15, 0.2) is 0 Å². The van der Waals surface area contributed by atoms with Crippen molar-refractivity contribution < 1.29 is 75.8 Å². The number of aliphatic carboxylic acids is 1. The molecule has 17 heteroatoms. The molecule has 0 saturated carbocycles. The molecule has 0 amide bonds. The Morgan fingerprint density at radius 1 is 0.538 bits per heavy atom. The zero-order valence-corrected chi connectivity index (χ0v) is 11.2. The van der Waals surface area contributed by atoms with Crippen molar-refractivity contribution in [2.24, 2.45) is 5.41 Å². The third-order valence-electron chi connectivity index (χ3n) is 3.06. The van der Waals surface area contributed by atoms with Gasteiger partial charge < -0.3 is 5.11 Å². The molecule has 0 atom stereocenters. The zero-order chi connectivity index (χ0) is 21.8. The van der Waals surface area contributed by atoms with E-state index >= 15 is 0 Å². The average molecular weight is 428 g/mol. The molecule has 1 N–H and O–H groups in total. The molecule has 0 aromatic rings. The van der Waals surface area contributed by atoms with Gasteiger partial charge in [-0.1, -0.05) is 0 Å². The van der Waals surface area contributed by atoms with E-state index in [0.717, 1.165) is 0 Å². The average Bonchev–Trinajstić information content (AvgIpc) is 2.30. The van der Waals surface area contributed by atoms with Crippen LogP contribution >= 0.6 is 0 Å². The van der Waals surface area contributed by atoms with Crippen molar-refractivity contribution in [2.45, 2.75) is 42.7 Å². The molecule has 0 unspecified atom stereocenters. The van der Waals surface area contributed by atoms with E-state index in [1.165, 1.54) is 0 Å². The maximum Gasteiger partial charge on any atom is 0.460 e. The summed E-state index contributed by atoms with van der Waals surface area (Å²) in [5, 5.41) is 7.98. The van der Waals surface area contributed by atoms with E-state index in [2.05, 4.69) is 0 Å². The Morgan fingerprint density at radius 2 is 0.846 bits per heavy atom. The first-order valence-corrected chi connectivity index (χ1v) is 5.47. The number of carboxylic acid groups (broad SMARTS) is 1. The molecule has 0 spiro atoms. The van der Waals surface area contributed by atoms with Crippen LogP contribution in [0.15, 0.2) is 0 Å². The molecule has 0 rings (SSSR count). The summed E-state index contributed by atoms with van der Waals surface area (Å²) in [6, 6.07) is 0. The minimum absolute atomic E-state index is 3.48. The van der Waals surface area contributed by atoms with Gasteiger partial charge >= 0.3 is 42.3 Å². The maximum atomic E-state index is 13.5. The largest absolute Gasteiger partial charge is 0.481 e. The first-order chi connectivity index (χ1) is 10.9. The fourth-order valence-electron chi connectivity index (χ4n) is 1.70. The van der Waals surface area contributed by atoms with Gasteiger partial charge in [0.2, 0.25) is 5.41 Å². The van der Waals surface area contributed by atoms with Crippen LogP contribution in [-0.2, 0) is 4.79 Å². The van der Waals surface area contributed by atoms with Crippen LogP contribution in [0.2, 0.25) is 0 Å². The molecule has 0 bridgehead atoms. The molecule has 2 nitrogen and oxygen atoms in total. The van der Waals surface area contributed by atoms with E-state index in [0.29, 0.717) is 0 Å². The second-order valence-electron chi connectivity index (χ2n) is 4.69. The lowest BCUT2D eigenvalue weighted by molar-refractivity contribution is -0.469. The van der Waals surface area contributed by atoms with E-state index in [-0.39, 0.29) is 0 Å². The van der Waals surface area contributed by atoms with Gasteiger partial charge in [-0.15, -0.1) is 0 Å². The van der Waals surface area contributed by atoms with E-state index in [1.54, 1.807) is 0 Å². The number of rotatable bonds is 5. The Bertz CT molecular complexity index is 523. The fraction of sp³-hybridized carbons (Fsp3) is 0.889. The molecular weight excluding hydrogens is 425 g/mol. The van der Waals surface area contributed by atoms with Crippen molar-refractivity contribution in [2.75, 3.05) is 0 Å². The van der Waals surface area contributed by atoms with Crippen LogP contribution in [0.4, 0.5) is 65.9 Å². The highest BCUT2D eigenvalue weighted by atomic mass is 19.4. The first kappa shape index (κ1) is 24.4. The van der Waals surface area contributed by atoms with Crippen LogP contribution < -0.4 is 0 Å². The normalized spacial score (nSPS) is 16.0. The van der Waals surface area contributed by atoms with Crippen molar-refractivity contribution >= 4 is 5.97 Å². The summed E-state index contributed by atoms with van der Waals surface area (Å²) < 4.78 is 190. The Balaban J connectivity index is 7.11. The first-order valence-electron chi connectivity index (χ1n) is 5.47. The van der Waals surface area contributed by atoms with Gasteiger partial charge in [0.05, 0.1) is 6.42 Å². The van der Waals surface area contributed by atoms with Crippen LogP contribution in [0.25, 0.3) is 0 Å². The summed E-state index contributed by atoms with van der Waals surface area (Å²) in [6.45, 7) is 0. The molecule has 0 radical (unpaired) electrons. The molecule has 0 aromatic carbocycles. The summed E-state index contributed by atoms with van der Waals surface area (Å²) in [6.07, 6.45) is -27.2. The second-order valence-corrected chi connectivity index (χ2v) is 4.69. The Kier molecular flexibility index (Phi) is 5.60. The van der Waals surface area contributed by atoms with E-state index in [4.69, 9.17) is 5.11 Å². The van der Waals surface area contributed by atoms with Crippen molar-refractivity contribution in [1.29, 1.82) is 0 Å². The molecule has 0 aliphatic carbocycles. The molecule has 0 saturated heterocycles. The summed E-state index contributed by atoms with van der Waals surface area (Å²) in [5.41, 5.74) is -7.46. The molecule has 0 aromatic heterocycles. The number of carboxylic acids is 1. The molecule has 0 heterocycles. The Morgan fingerprint density at radius 3 is 1.04 bits per heavy atom. The standard InChI is InChI=1S/C9H3F15O2/c10-4(11,5(12,13)6(14,15)9(22,23)24)3(1-2(25)26,7(16,17)18)8(19,20)21/h1H2,(H,25,26). The highest BCUT2D eigenvalue weighted by molar-refractivity contribution is 5.68. The van der Waals surface area contributed by atoms with Crippen molar-refractivity contribution in [3.63, 3.8) is 0 Å². The van der Waals surface area contributed by atoms with E-state index in [1.807, 2.05) is 0 Å². The lowest BCUT2D eigenvalue weighted by atomic mass is 9.72. The summed E-state index contributed by atoms with van der Waals surface area (Å²) in [5.74, 6) is -28.2. The van der Waals surface area contributed by atoms with Gasteiger partial charge in [-0.25, -0.2) is 0 Å². The van der Waals surface area contributed by atoms with Crippen LogP contribution in [0, 0.1) is 5.41 Å². The molecule has 156 valence electrons. The van der Waals surface area contributed by atoms with Gasteiger partial charge in [-0.05, 0) is 0 Å². The number of carbonyl (C=O) groups is 1. The van der Waals surface area contributed by atoms with Gasteiger partial charge in [0.1, 0.15) is 0 Å². The van der Waals surface area contributed by atoms with Crippen LogP contribution in [-0.4, -0.2) is 47.4 Å². The highest BCUT2D eigenvalue weighted by Gasteiger charge is 2.94. The highest BCUT2D eigenvalue weighted by Crippen LogP contribution is 2.67. The lowest BCUT2D eigenvalue weighted by Crippen LogP contribution is -2.73. The maximum absolute atomic E-state index is 13.5. The predicted octanol–water partition coefficient (Wildman–Crippen LogP) is 5.04. The zero-order valence-electron chi connectivity index (χ0n) is 11.2. The fourth-order valence-corrected chi connectivity index (χ4v) is 1.70. The number of hydrogen-bond acceptors (Lipinski definition) is 1. The monoisotopic (exact) mass is 428 g/mol. The van der Waals surface area contributed by atoms with Crippen molar-refractivity contribution in [3.8, 4) is 0 Å². The topological polar surface area (TPSA) is 37.3 Å². The SMILES string of the molecule is O=C(O)CC(C(F)(F)F)(C(F)(F)F)C(F)(F)C(F)(F)C(F)(F)C(F)(F)F. The third-order valence-corrected chi connectivity index (χ3v) is 3.06.